The minimum absolute atomic E-state index is 0.0129. The molecule has 0 unspecified atom stereocenters. The Hall–Kier alpha value is -1.47. The molecule has 0 aliphatic carbocycles. The molecule has 1 aliphatic heterocycles. The van der Waals surface area contributed by atoms with Gasteiger partial charge in [0.1, 0.15) is 6.54 Å². The molecular weight excluding hydrogens is 268 g/mol. The first-order chi connectivity index (χ1) is 10.1. The summed E-state index contributed by atoms with van der Waals surface area (Å²) in [5.41, 5.74) is 0.843. The predicted molar refractivity (Wildman–Crippen MR) is 80.7 cm³/mol. The van der Waals surface area contributed by atoms with E-state index in [1.165, 1.54) is 0 Å². The van der Waals surface area contributed by atoms with E-state index in [4.69, 9.17) is 0 Å². The van der Waals surface area contributed by atoms with Crippen LogP contribution < -0.4 is 10.6 Å². The van der Waals surface area contributed by atoms with E-state index in [1.54, 1.807) is 10.9 Å². The molecule has 0 atom stereocenters. The molecule has 1 amide bonds. The molecule has 21 heavy (non-hydrogen) atoms. The van der Waals surface area contributed by atoms with Crippen molar-refractivity contribution in [3.8, 4) is 0 Å². The van der Waals surface area contributed by atoms with Gasteiger partial charge in [-0.1, -0.05) is 5.21 Å². The Bertz CT molecular complexity index is 450. The van der Waals surface area contributed by atoms with Gasteiger partial charge in [0, 0.05) is 31.7 Å². The van der Waals surface area contributed by atoms with Crippen molar-refractivity contribution in [3.63, 3.8) is 0 Å². The van der Waals surface area contributed by atoms with Gasteiger partial charge < -0.3 is 15.5 Å². The standard InChI is InChI=1S/C14H26N6O/c1-11(2)19-6-4-12(5-7-19)16-14(21)10-20-9-13(8-15-3)17-18-20/h9,11-12,15H,4-8,10H2,1-3H3,(H,16,21). The number of amides is 1. The lowest BCUT2D eigenvalue weighted by Crippen LogP contribution is -2.47. The van der Waals surface area contributed by atoms with Crippen molar-refractivity contribution in [2.45, 2.75) is 51.9 Å². The highest BCUT2D eigenvalue weighted by atomic mass is 16.2. The number of hydrogen-bond acceptors (Lipinski definition) is 5. The lowest BCUT2D eigenvalue weighted by Gasteiger charge is -2.34. The summed E-state index contributed by atoms with van der Waals surface area (Å²) in [6, 6.07) is 0.871. The number of hydrogen-bond donors (Lipinski definition) is 2. The van der Waals surface area contributed by atoms with Crippen LogP contribution in [-0.4, -0.2) is 58.0 Å². The third kappa shape index (κ3) is 4.78. The highest BCUT2D eigenvalue weighted by Crippen LogP contribution is 2.12. The normalized spacial score (nSPS) is 17.3. The summed E-state index contributed by atoms with van der Waals surface area (Å²) in [4.78, 5) is 14.5. The number of rotatable bonds is 6. The SMILES string of the molecule is CNCc1cn(CC(=O)NC2CCN(C(C)C)CC2)nn1. The zero-order valence-corrected chi connectivity index (χ0v) is 13.2. The van der Waals surface area contributed by atoms with Gasteiger partial charge in [-0.25, -0.2) is 4.68 Å². The third-order valence-corrected chi connectivity index (χ3v) is 3.87. The van der Waals surface area contributed by atoms with Crippen LogP contribution in [0.1, 0.15) is 32.4 Å². The van der Waals surface area contributed by atoms with Crippen LogP contribution in [0.2, 0.25) is 0 Å². The largest absolute Gasteiger partial charge is 0.352 e. The van der Waals surface area contributed by atoms with E-state index in [9.17, 15) is 4.79 Å². The molecular formula is C14H26N6O. The summed E-state index contributed by atoms with van der Waals surface area (Å²) in [6.07, 6.45) is 3.84. The minimum Gasteiger partial charge on any atom is -0.352 e. The topological polar surface area (TPSA) is 75.1 Å². The molecule has 2 rings (SSSR count). The van der Waals surface area contributed by atoms with E-state index in [0.29, 0.717) is 12.6 Å². The van der Waals surface area contributed by atoms with E-state index in [1.807, 2.05) is 7.05 Å². The molecule has 0 spiro atoms. The van der Waals surface area contributed by atoms with E-state index in [0.717, 1.165) is 31.6 Å². The van der Waals surface area contributed by atoms with Gasteiger partial charge in [-0.2, -0.15) is 0 Å². The molecule has 1 saturated heterocycles. The summed E-state index contributed by atoms with van der Waals surface area (Å²) < 4.78 is 1.59. The zero-order chi connectivity index (χ0) is 15.2. The number of piperidine rings is 1. The predicted octanol–water partition coefficient (Wildman–Crippen LogP) is -0.0135. The van der Waals surface area contributed by atoms with Crippen molar-refractivity contribution in [1.29, 1.82) is 0 Å². The van der Waals surface area contributed by atoms with Crippen molar-refractivity contribution in [2.24, 2.45) is 0 Å². The van der Waals surface area contributed by atoms with Gasteiger partial charge in [-0.05, 0) is 33.7 Å². The van der Waals surface area contributed by atoms with Gasteiger partial charge in [-0.3, -0.25) is 4.79 Å². The second kappa shape index (κ2) is 7.51. The van der Waals surface area contributed by atoms with Gasteiger partial charge in [0.25, 0.3) is 0 Å². The summed E-state index contributed by atoms with van der Waals surface area (Å²) in [6.45, 7) is 7.44. The maximum atomic E-state index is 12.0. The number of carbonyl (C=O) groups excluding carboxylic acids is 1. The smallest absolute Gasteiger partial charge is 0.242 e. The summed E-state index contributed by atoms with van der Waals surface area (Å²) >= 11 is 0. The van der Waals surface area contributed by atoms with Crippen molar-refractivity contribution in [1.82, 2.24) is 30.5 Å². The number of nitrogens with zero attached hydrogens (tertiary/aromatic N) is 4. The average molecular weight is 294 g/mol. The zero-order valence-electron chi connectivity index (χ0n) is 13.2. The lowest BCUT2D eigenvalue weighted by atomic mass is 10.0. The molecule has 1 fully saturated rings. The molecule has 2 heterocycles. The van der Waals surface area contributed by atoms with E-state index in [-0.39, 0.29) is 18.5 Å². The fraction of sp³-hybridized carbons (Fsp3) is 0.786. The first kappa shape index (κ1) is 15.9. The first-order valence-corrected chi connectivity index (χ1v) is 7.65. The molecule has 2 N–H and O–H groups in total. The number of aromatic nitrogens is 3. The van der Waals surface area contributed by atoms with Crippen LogP contribution in [-0.2, 0) is 17.9 Å². The van der Waals surface area contributed by atoms with Crippen molar-refractivity contribution in [3.05, 3.63) is 11.9 Å². The van der Waals surface area contributed by atoms with Crippen molar-refractivity contribution in [2.75, 3.05) is 20.1 Å². The van der Waals surface area contributed by atoms with Crippen LogP contribution in [0.25, 0.3) is 0 Å². The number of likely N-dealkylation sites (tertiary alicyclic amines) is 1. The van der Waals surface area contributed by atoms with Crippen LogP contribution in [0.15, 0.2) is 6.20 Å². The quantitative estimate of drug-likeness (QED) is 0.772. The van der Waals surface area contributed by atoms with Crippen LogP contribution in [0.4, 0.5) is 0 Å². The van der Waals surface area contributed by atoms with Crippen LogP contribution in [0, 0.1) is 0 Å². The fourth-order valence-electron chi connectivity index (χ4n) is 2.66. The molecule has 118 valence electrons. The summed E-state index contributed by atoms with van der Waals surface area (Å²) in [5.74, 6) is 0.0129. The first-order valence-electron chi connectivity index (χ1n) is 7.65. The molecule has 1 aromatic rings. The highest BCUT2D eigenvalue weighted by molar-refractivity contribution is 5.75. The molecule has 1 aromatic heterocycles. The van der Waals surface area contributed by atoms with Crippen molar-refractivity contribution >= 4 is 5.91 Å². The summed E-state index contributed by atoms with van der Waals surface area (Å²) in [7, 11) is 1.86. The monoisotopic (exact) mass is 294 g/mol. The second-order valence-corrected chi connectivity index (χ2v) is 5.91. The van der Waals surface area contributed by atoms with Gasteiger partial charge in [0.15, 0.2) is 0 Å². The number of nitrogens with one attached hydrogen (secondary N) is 2. The van der Waals surface area contributed by atoms with Crippen LogP contribution in [0.3, 0.4) is 0 Å². The number of carbonyl (C=O) groups is 1. The molecule has 0 aromatic carbocycles. The molecule has 0 saturated carbocycles. The molecule has 7 nitrogen and oxygen atoms in total. The lowest BCUT2D eigenvalue weighted by molar-refractivity contribution is -0.122. The Balaban J connectivity index is 1.74. The van der Waals surface area contributed by atoms with Gasteiger partial charge in [-0.15, -0.1) is 5.10 Å². The minimum atomic E-state index is 0.0129. The maximum absolute atomic E-state index is 12.0. The third-order valence-electron chi connectivity index (χ3n) is 3.87. The van der Waals surface area contributed by atoms with E-state index in [2.05, 4.69) is 39.7 Å². The Morgan fingerprint density at radius 1 is 1.43 bits per heavy atom. The second-order valence-electron chi connectivity index (χ2n) is 5.91. The van der Waals surface area contributed by atoms with Crippen molar-refractivity contribution < 1.29 is 4.79 Å². The van der Waals surface area contributed by atoms with Gasteiger partial charge >= 0.3 is 0 Å². The van der Waals surface area contributed by atoms with E-state index >= 15 is 0 Å². The molecule has 7 heteroatoms. The fourth-order valence-corrected chi connectivity index (χ4v) is 2.66. The van der Waals surface area contributed by atoms with Crippen LogP contribution >= 0.6 is 0 Å². The average Bonchev–Trinajstić information content (AvgIpc) is 2.87. The van der Waals surface area contributed by atoms with Gasteiger partial charge in [0.2, 0.25) is 5.91 Å². The Labute approximate surface area is 126 Å². The van der Waals surface area contributed by atoms with Crippen LogP contribution in [0.5, 0.6) is 0 Å². The Morgan fingerprint density at radius 2 is 2.14 bits per heavy atom. The molecule has 1 aliphatic rings. The Kier molecular flexibility index (Phi) is 5.69. The van der Waals surface area contributed by atoms with Gasteiger partial charge in [0.05, 0.1) is 11.9 Å². The maximum Gasteiger partial charge on any atom is 0.242 e. The molecule has 0 radical (unpaired) electrons. The highest BCUT2D eigenvalue weighted by Gasteiger charge is 2.22. The molecule has 0 bridgehead atoms. The summed E-state index contributed by atoms with van der Waals surface area (Å²) in [5, 5.41) is 14.1. The Morgan fingerprint density at radius 3 is 2.76 bits per heavy atom. The van der Waals surface area contributed by atoms with E-state index < -0.39 is 0 Å².